The minimum atomic E-state index is -1.01. The molecule has 0 saturated heterocycles. The van der Waals surface area contributed by atoms with E-state index in [2.05, 4.69) is 15.4 Å². The zero-order valence-corrected chi connectivity index (χ0v) is 12.8. The number of anilines is 1. The Kier molecular flexibility index (Phi) is 2.96. The first-order valence-electron chi connectivity index (χ1n) is 7.47. The number of carbonyl (C=O) groups is 1. The highest BCUT2D eigenvalue weighted by molar-refractivity contribution is 6.08. The van der Waals surface area contributed by atoms with Gasteiger partial charge in [-0.3, -0.25) is 4.79 Å². The van der Waals surface area contributed by atoms with Crippen LogP contribution >= 0.6 is 0 Å². The van der Waals surface area contributed by atoms with Gasteiger partial charge >= 0.3 is 0 Å². The Morgan fingerprint density at radius 2 is 1.96 bits per heavy atom. The monoisotopic (exact) mass is 308 g/mol. The normalized spacial score (nSPS) is 20.4. The average molecular weight is 308 g/mol. The number of aryl methyl sites for hydroxylation is 2. The summed E-state index contributed by atoms with van der Waals surface area (Å²) in [5.41, 5.74) is 3.36. The van der Waals surface area contributed by atoms with Gasteiger partial charge in [0.05, 0.1) is 22.9 Å². The van der Waals surface area contributed by atoms with Crippen molar-refractivity contribution in [2.45, 2.75) is 26.0 Å². The number of fused-ring (bicyclic) bond motifs is 3. The Hall–Kier alpha value is -2.73. The van der Waals surface area contributed by atoms with Crippen molar-refractivity contribution in [2.75, 3.05) is 5.32 Å². The molecule has 0 saturated carbocycles. The molecule has 116 valence electrons. The maximum Gasteiger partial charge on any atom is 0.180 e. The van der Waals surface area contributed by atoms with Crippen LogP contribution in [0.1, 0.15) is 33.2 Å². The third kappa shape index (κ3) is 2.03. The molecule has 2 N–H and O–H groups in total. The molecule has 0 amide bonds. The highest BCUT2D eigenvalue weighted by Crippen LogP contribution is 2.35. The van der Waals surface area contributed by atoms with E-state index in [0.29, 0.717) is 22.7 Å². The Morgan fingerprint density at radius 1 is 1.22 bits per heavy atom. The van der Waals surface area contributed by atoms with E-state index in [-0.39, 0.29) is 5.78 Å². The molecule has 2 unspecified atom stereocenters. The van der Waals surface area contributed by atoms with Crippen LogP contribution in [0, 0.1) is 13.8 Å². The van der Waals surface area contributed by atoms with Crippen LogP contribution in [0.5, 0.6) is 0 Å². The summed E-state index contributed by atoms with van der Waals surface area (Å²) in [6.07, 6.45) is -1.01. The Balaban J connectivity index is 1.93. The zero-order chi connectivity index (χ0) is 16.1. The molecule has 6 heteroatoms. The molecule has 23 heavy (non-hydrogen) atoms. The summed E-state index contributed by atoms with van der Waals surface area (Å²) in [4.78, 5) is 17.5. The molecule has 6 nitrogen and oxygen atoms in total. The van der Waals surface area contributed by atoms with Gasteiger partial charge in [-0.05, 0) is 19.4 Å². The summed E-state index contributed by atoms with van der Waals surface area (Å²) in [5, 5.41) is 17.9. The minimum Gasteiger partial charge on any atom is -0.373 e. The van der Waals surface area contributed by atoms with Gasteiger partial charge in [0, 0.05) is 6.07 Å². The van der Waals surface area contributed by atoms with E-state index >= 15 is 0 Å². The molecule has 2 atom stereocenters. The molecule has 3 heterocycles. The first kappa shape index (κ1) is 13.9. The van der Waals surface area contributed by atoms with E-state index in [0.717, 1.165) is 11.3 Å². The molecule has 1 aliphatic rings. The lowest BCUT2D eigenvalue weighted by atomic mass is 9.86. The number of aromatic nitrogens is 3. The molecule has 0 fully saturated rings. The first-order chi connectivity index (χ1) is 11.1. The highest BCUT2D eigenvalue weighted by Gasteiger charge is 2.38. The molecule has 2 aromatic heterocycles. The third-order valence-corrected chi connectivity index (χ3v) is 4.19. The van der Waals surface area contributed by atoms with Crippen LogP contribution in [0.2, 0.25) is 0 Å². The van der Waals surface area contributed by atoms with Gasteiger partial charge in [0.25, 0.3) is 0 Å². The van der Waals surface area contributed by atoms with Crippen molar-refractivity contribution in [1.29, 1.82) is 0 Å². The average Bonchev–Trinajstić information content (AvgIpc) is 2.88. The molecule has 0 aliphatic carbocycles. The lowest BCUT2D eigenvalue weighted by Crippen LogP contribution is -2.39. The van der Waals surface area contributed by atoms with Crippen LogP contribution in [0.15, 0.2) is 36.4 Å². The van der Waals surface area contributed by atoms with Crippen LogP contribution in [0.4, 0.5) is 5.82 Å². The van der Waals surface area contributed by atoms with Crippen molar-refractivity contribution in [3.05, 3.63) is 58.9 Å². The number of carbonyl (C=O) groups excluding carboxylic acids is 1. The van der Waals surface area contributed by atoms with Gasteiger partial charge < -0.3 is 10.4 Å². The largest absolute Gasteiger partial charge is 0.373 e. The fourth-order valence-electron chi connectivity index (χ4n) is 3.18. The van der Waals surface area contributed by atoms with Gasteiger partial charge in [0.1, 0.15) is 12.0 Å². The van der Waals surface area contributed by atoms with Crippen LogP contribution < -0.4 is 5.32 Å². The summed E-state index contributed by atoms with van der Waals surface area (Å²) in [5.74, 6) is -0.291. The fourth-order valence-corrected chi connectivity index (χ4v) is 3.18. The number of aliphatic hydroxyl groups is 1. The highest BCUT2D eigenvalue weighted by atomic mass is 16.3. The molecule has 4 rings (SSSR count). The summed E-state index contributed by atoms with van der Waals surface area (Å²) >= 11 is 0. The first-order valence-corrected chi connectivity index (χ1v) is 7.47. The van der Waals surface area contributed by atoms with Crippen molar-refractivity contribution in [3.63, 3.8) is 0 Å². The molecule has 1 aromatic carbocycles. The predicted octanol–water partition coefficient (Wildman–Crippen LogP) is 2.06. The number of benzene rings is 1. The number of nitrogens with one attached hydrogen (secondary N) is 1. The van der Waals surface area contributed by atoms with E-state index in [1.165, 1.54) is 0 Å². The van der Waals surface area contributed by atoms with Gasteiger partial charge in [-0.25, -0.2) is 4.98 Å². The van der Waals surface area contributed by atoms with E-state index in [1.54, 1.807) is 11.4 Å². The maximum absolute atomic E-state index is 13.0. The summed E-state index contributed by atoms with van der Waals surface area (Å²) in [7, 11) is 0. The number of ketones is 1. The maximum atomic E-state index is 13.0. The second kappa shape index (κ2) is 4.89. The van der Waals surface area contributed by atoms with Gasteiger partial charge in [-0.1, -0.05) is 30.3 Å². The summed E-state index contributed by atoms with van der Waals surface area (Å²) in [6.45, 7) is 3.67. The van der Waals surface area contributed by atoms with Crippen molar-refractivity contribution < 1.29 is 9.90 Å². The van der Waals surface area contributed by atoms with Crippen molar-refractivity contribution >= 4 is 17.2 Å². The van der Waals surface area contributed by atoms with Crippen LogP contribution in [0.25, 0.3) is 5.65 Å². The number of aliphatic hydroxyl groups excluding tert-OH is 1. The summed E-state index contributed by atoms with van der Waals surface area (Å²) in [6, 6.07) is 11.1. The third-order valence-electron chi connectivity index (χ3n) is 4.19. The molecule has 3 aromatic rings. The van der Waals surface area contributed by atoms with Gasteiger partial charge in [0.2, 0.25) is 0 Å². The number of hydrogen-bond donors (Lipinski definition) is 2. The zero-order valence-electron chi connectivity index (χ0n) is 12.8. The number of Topliss-reactive ketones (excluding diaryl/α,β-unsaturated/α-hetero) is 1. The Labute approximate surface area is 132 Å². The van der Waals surface area contributed by atoms with Crippen molar-refractivity contribution in [3.8, 4) is 0 Å². The summed E-state index contributed by atoms with van der Waals surface area (Å²) < 4.78 is 1.58. The van der Waals surface area contributed by atoms with Crippen LogP contribution in [0.3, 0.4) is 0 Å². The molecule has 1 aliphatic heterocycles. The van der Waals surface area contributed by atoms with E-state index in [9.17, 15) is 9.90 Å². The molecular weight excluding hydrogens is 292 g/mol. The van der Waals surface area contributed by atoms with Crippen LogP contribution in [-0.2, 0) is 0 Å². The lowest BCUT2D eigenvalue weighted by Gasteiger charge is -2.31. The lowest BCUT2D eigenvalue weighted by molar-refractivity contribution is 0.0832. The second-order valence-electron chi connectivity index (χ2n) is 5.82. The number of rotatable bonds is 1. The Morgan fingerprint density at radius 3 is 2.70 bits per heavy atom. The van der Waals surface area contributed by atoms with Crippen LogP contribution in [-0.4, -0.2) is 31.7 Å². The number of nitrogens with zero attached hydrogens (tertiary/aromatic N) is 3. The minimum absolute atomic E-state index is 0.141. The topological polar surface area (TPSA) is 79.5 Å². The second-order valence-corrected chi connectivity index (χ2v) is 5.82. The van der Waals surface area contributed by atoms with E-state index < -0.39 is 12.1 Å². The van der Waals surface area contributed by atoms with Crippen molar-refractivity contribution in [1.82, 2.24) is 14.6 Å². The molecule has 0 spiro atoms. The smallest absolute Gasteiger partial charge is 0.180 e. The Bertz CT molecular complexity index is 917. The van der Waals surface area contributed by atoms with E-state index in [1.807, 2.05) is 43.3 Å². The fraction of sp³-hybridized carbons (Fsp3) is 0.235. The number of hydrogen-bond acceptors (Lipinski definition) is 5. The molecular formula is C17H16N4O2. The van der Waals surface area contributed by atoms with E-state index in [4.69, 9.17) is 0 Å². The predicted molar refractivity (Wildman–Crippen MR) is 85.6 cm³/mol. The van der Waals surface area contributed by atoms with Crippen molar-refractivity contribution in [2.24, 2.45) is 0 Å². The molecule has 0 bridgehead atoms. The quantitative estimate of drug-likeness (QED) is 0.719. The molecule has 0 radical (unpaired) electrons. The van der Waals surface area contributed by atoms with Gasteiger partial charge in [-0.15, -0.1) is 0 Å². The van der Waals surface area contributed by atoms with Gasteiger partial charge in [0.15, 0.2) is 11.4 Å². The van der Waals surface area contributed by atoms with Gasteiger partial charge in [-0.2, -0.15) is 9.61 Å². The SMILES string of the molecule is Cc1cc2nc(C)c3c(n2n1)NC(O)C(c1ccccc1)C3=O. The standard InChI is InChI=1S/C17H16N4O2/c1-9-8-12-18-10(2)13-15(22)14(11-6-4-3-5-7-11)17(23)19-16(13)21(12)20-9/h3-8,14,17,19,23H,1-2H3.